The lowest BCUT2D eigenvalue weighted by Crippen LogP contribution is -2.14. The van der Waals surface area contributed by atoms with Gasteiger partial charge in [0.25, 0.3) is 5.91 Å². The highest BCUT2D eigenvalue weighted by molar-refractivity contribution is 7.17. The second kappa shape index (κ2) is 6.70. The minimum absolute atomic E-state index is 0.0469. The van der Waals surface area contributed by atoms with E-state index in [2.05, 4.69) is 4.98 Å². The standard InChI is InChI=1S/C17H14ClN3O3S/c1-9-8-21-13(10(2)20-17(21)25-9)4-6-15(22)24-14-5-3-11(18)7-12(14)16(19)23/h3-8H,1-2H3,(H2,19,23)/b6-4+. The molecule has 6 nitrogen and oxygen atoms in total. The normalized spacial score (nSPS) is 11.3. The zero-order chi connectivity index (χ0) is 18.1. The number of carbonyl (C=O) groups is 2. The maximum Gasteiger partial charge on any atom is 0.336 e. The zero-order valence-corrected chi connectivity index (χ0v) is 15.0. The molecule has 0 radical (unpaired) electrons. The number of nitrogens with zero attached hydrogens (tertiary/aromatic N) is 2. The molecule has 1 aromatic carbocycles. The number of thiazole rings is 1. The first kappa shape index (κ1) is 17.2. The summed E-state index contributed by atoms with van der Waals surface area (Å²) in [7, 11) is 0. The molecular formula is C17H14ClN3O3S. The van der Waals surface area contributed by atoms with Crippen LogP contribution in [0.25, 0.3) is 11.0 Å². The quantitative estimate of drug-likeness (QED) is 0.430. The highest BCUT2D eigenvalue weighted by Crippen LogP contribution is 2.24. The van der Waals surface area contributed by atoms with Crippen LogP contribution in [0.5, 0.6) is 5.75 Å². The number of fused-ring (bicyclic) bond motifs is 1. The molecule has 2 N–H and O–H groups in total. The second-order valence-corrected chi connectivity index (χ2v) is 6.99. The molecule has 128 valence electrons. The summed E-state index contributed by atoms with van der Waals surface area (Å²) >= 11 is 7.40. The van der Waals surface area contributed by atoms with Crippen molar-refractivity contribution in [3.05, 3.63) is 57.3 Å². The fourth-order valence-electron chi connectivity index (χ4n) is 2.35. The SMILES string of the molecule is Cc1cn2c(/C=C/C(=O)Oc3ccc(Cl)cc3C(N)=O)c(C)nc2s1. The monoisotopic (exact) mass is 375 g/mol. The molecule has 0 unspecified atom stereocenters. The van der Waals surface area contributed by atoms with Gasteiger partial charge in [-0.2, -0.15) is 0 Å². The first-order valence-electron chi connectivity index (χ1n) is 7.29. The molecular weight excluding hydrogens is 362 g/mol. The van der Waals surface area contributed by atoms with Crippen molar-refractivity contribution in [1.29, 1.82) is 0 Å². The maximum atomic E-state index is 12.1. The number of rotatable bonds is 4. The zero-order valence-electron chi connectivity index (χ0n) is 13.4. The molecule has 0 spiro atoms. The second-order valence-electron chi connectivity index (χ2n) is 5.34. The van der Waals surface area contributed by atoms with E-state index in [4.69, 9.17) is 22.1 Å². The van der Waals surface area contributed by atoms with Crippen LogP contribution in [0, 0.1) is 13.8 Å². The van der Waals surface area contributed by atoms with Gasteiger partial charge in [-0.1, -0.05) is 11.6 Å². The summed E-state index contributed by atoms with van der Waals surface area (Å²) in [4.78, 5) is 30.0. The van der Waals surface area contributed by atoms with E-state index >= 15 is 0 Å². The van der Waals surface area contributed by atoms with Crippen LogP contribution >= 0.6 is 22.9 Å². The van der Waals surface area contributed by atoms with Crippen LogP contribution in [0.1, 0.15) is 26.6 Å². The number of halogens is 1. The van der Waals surface area contributed by atoms with E-state index in [1.165, 1.54) is 24.3 Å². The predicted octanol–water partition coefficient (Wildman–Crippen LogP) is 3.38. The van der Waals surface area contributed by atoms with E-state index in [0.717, 1.165) is 21.2 Å². The average molecular weight is 376 g/mol. The molecule has 0 bridgehead atoms. The van der Waals surface area contributed by atoms with E-state index in [9.17, 15) is 9.59 Å². The van der Waals surface area contributed by atoms with Crippen molar-refractivity contribution in [2.45, 2.75) is 13.8 Å². The highest BCUT2D eigenvalue weighted by Gasteiger charge is 2.13. The topological polar surface area (TPSA) is 86.7 Å². The molecule has 3 rings (SSSR count). The average Bonchev–Trinajstić information content (AvgIpc) is 3.02. The van der Waals surface area contributed by atoms with Crippen molar-refractivity contribution in [2.75, 3.05) is 0 Å². The molecule has 0 aliphatic carbocycles. The molecule has 0 aliphatic heterocycles. The molecule has 0 atom stereocenters. The number of primary amides is 1. The smallest absolute Gasteiger partial charge is 0.336 e. The number of nitrogens with two attached hydrogens (primary N) is 1. The van der Waals surface area contributed by atoms with E-state index < -0.39 is 11.9 Å². The van der Waals surface area contributed by atoms with Gasteiger partial charge in [-0.05, 0) is 38.1 Å². The number of imidazole rings is 1. The Labute approximate surface area is 152 Å². The van der Waals surface area contributed by atoms with E-state index in [0.29, 0.717) is 5.02 Å². The lowest BCUT2D eigenvalue weighted by molar-refractivity contribution is -0.128. The first-order valence-corrected chi connectivity index (χ1v) is 8.49. The molecule has 0 saturated carbocycles. The third-order valence-electron chi connectivity index (χ3n) is 3.46. The molecule has 8 heteroatoms. The maximum absolute atomic E-state index is 12.1. The number of esters is 1. The van der Waals surface area contributed by atoms with Gasteiger partial charge < -0.3 is 10.5 Å². The Kier molecular flexibility index (Phi) is 4.61. The molecule has 3 aromatic rings. The number of benzene rings is 1. The van der Waals surface area contributed by atoms with Gasteiger partial charge in [0.2, 0.25) is 0 Å². The first-order chi connectivity index (χ1) is 11.8. The fraction of sp³-hybridized carbons (Fsp3) is 0.118. The van der Waals surface area contributed by atoms with Gasteiger partial charge in [-0.25, -0.2) is 9.78 Å². The number of carbonyl (C=O) groups excluding carboxylic acids is 2. The molecule has 0 aliphatic rings. The Morgan fingerprint density at radius 3 is 2.84 bits per heavy atom. The minimum Gasteiger partial charge on any atom is -0.423 e. The third-order valence-corrected chi connectivity index (χ3v) is 4.59. The summed E-state index contributed by atoms with van der Waals surface area (Å²) in [5.41, 5.74) is 6.92. The summed E-state index contributed by atoms with van der Waals surface area (Å²) in [6.07, 6.45) is 4.86. The van der Waals surface area contributed by atoms with Gasteiger partial charge in [0.15, 0.2) is 4.96 Å². The number of ether oxygens (including phenoxy) is 1. The highest BCUT2D eigenvalue weighted by atomic mass is 35.5. The van der Waals surface area contributed by atoms with Crippen LogP contribution in [0.3, 0.4) is 0 Å². The Morgan fingerprint density at radius 2 is 2.12 bits per heavy atom. The number of aromatic nitrogens is 2. The van der Waals surface area contributed by atoms with Gasteiger partial charge >= 0.3 is 5.97 Å². The molecule has 0 fully saturated rings. The van der Waals surface area contributed by atoms with Crippen molar-refractivity contribution < 1.29 is 14.3 Å². The van der Waals surface area contributed by atoms with Crippen molar-refractivity contribution in [1.82, 2.24) is 9.38 Å². The van der Waals surface area contributed by atoms with Gasteiger partial charge in [-0.15, -0.1) is 11.3 Å². The molecule has 25 heavy (non-hydrogen) atoms. The molecule has 1 amide bonds. The van der Waals surface area contributed by atoms with Gasteiger partial charge in [0.05, 0.1) is 17.0 Å². The number of hydrogen-bond acceptors (Lipinski definition) is 5. The summed E-state index contributed by atoms with van der Waals surface area (Å²) in [5.74, 6) is -1.30. The van der Waals surface area contributed by atoms with Crippen molar-refractivity contribution in [2.24, 2.45) is 5.73 Å². The number of aryl methyl sites for hydroxylation is 2. The van der Waals surface area contributed by atoms with E-state index in [1.807, 2.05) is 24.4 Å². The Bertz CT molecular complexity index is 1020. The Morgan fingerprint density at radius 1 is 1.36 bits per heavy atom. The van der Waals surface area contributed by atoms with Crippen LogP contribution in [0.2, 0.25) is 5.02 Å². The van der Waals surface area contributed by atoms with Gasteiger partial charge in [-0.3, -0.25) is 9.20 Å². The van der Waals surface area contributed by atoms with Crippen LogP contribution < -0.4 is 10.5 Å². The predicted molar refractivity (Wildman–Crippen MR) is 97.2 cm³/mol. The van der Waals surface area contributed by atoms with E-state index in [1.54, 1.807) is 17.4 Å². The van der Waals surface area contributed by atoms with Gasteiger partial charge in [0.1, 0.15) is 5.75 Å². The largest absolute Gasteiger partial charge is 0.423 e. The molecule has 2 heterocycles. The van der Waals surface area contributed by atoms with Crippen LogP contribution in [0.4, 0.5) is 0 Å². The lowest BCUT2D eigenvalue weighted by Gasteiger charge is -2.06. The van der Waals surface area contributed by atoms with E-state index in [-0.39, 0.29) is 11.3 Å². The van der Waals surface area contributed by atoms with Crippen LogP contribution in [-0.2, 0) is 4.79 Å². The third kappa shape index (κ3) is 3.57. The molecule has 0 saturated heterocycles. The minimum atomic E-state index is -0.726. The fourth-order valence-corrected chi connectivity index (χ4v) is 3.41. The Hall–Kier alpha value is -2.64. The van der Waals surface area contributed by atoms with Crippen molar-refractivity contribution in [3.63, 3.8) is 0 Å². The molecule has 2 aromatic heterocycles. The Balaban J connectivity index is 1.84. The van der Waals surface area contributed by atoms with Crippen molar-refractivity contribution >= 4 is 45.9 Å². The summed E-state index contributed by atoms with van der Waals surface area (Å²) in [5, 5.41) is 0.328. The lowest BCUT2D eigenvalue weighted by atomic mass is 10.2. The van der Waals surface area contributed by atoms with Crippen molar-refractivity contribution in [3.8, 4) is 5.75 Å². The van der Waals surface area contributed by atoms with Crippen LogP contribution in [-0.4, -0.2) is 21.3 Å². The van der Waals surface area contributed by atoms with Gasteiger partial charge in [0, 0.05) is 22.2 Å². The summed E-state index contributed by atoms with van der Waals surface area (Å²) < 4.78 is 7.12. The summed E-state index contributed by atoms with van der Waals surface area (Å²) in [6, 6.07) is 4.30. The summed E-state index contributed by atoms with van der Waals surface area (Å²) in [6.45, 7) is 3.85. The number of amides is 1. The van der Waals surface area contributed by atoms with Crippen LogP contribution in [0.15, 0.2) is 30.5 Å². The number of hydrogen-bond donors (Lipinski definition) is 1.